The Kier molecular flexibility index (Phi) is 10.4. The quantitative estimate of drug-likeness (QED) is 0.294. The highest BCUT2D eigenvalue weighted by Gasteiger charge is 2.38. The number of amides is 1. The Morgan fingerprint density at radius 1 is 0.895 bits per heavy atom. The summed E-state index contributed by atoms with van der Waals surface area (Å²) in [6, 6.07) is 17.9. The maximum atomic E-state index is 13.3. The van der Waals surface area contributed by atoms with Crippen LogP contribution < -0.4 is 0 Å². The highest BCUT2D eigenvalue weighted by Crippen LogP contribution is 2.25. The van der Waals surface area contributed by atoms with E-state index in [0.29, 0.717) is 19.4 Å². The van der Waals surface area contributed by atoms with Gasteiger partial charge in [0.25, 0.3) is 0 Å². The van der Waals surface area contributed by atoms with Gasteiger partial charge in [-0.25, -0.2) is 4.79 Å². The molecule has 1 aliphatic rings. The standard InChI is InChI=1S/C30H37NO7/c1-30(2,3)38-29(35)31-18-10-15-25(31)26(32)19-24(28(34)37-21-23-13-8-5-9-14-23)16-17-27(33)36-20-22-11-6-4-7-12-22/h4-9,11-14,24-25H,10,15-21H2,1-3H3/t24-,25?/m1/s1. The molecule has 0 aromatic heterocycles. The van der Waals surface area contributed by atoms with Crippen LogP contribution in [0.5, 0.6) is 0 Å². The summed E-state index contributed by atoms with van der Waals surface area (Å²) >= 11 is 0. The van der Waals surface area contributed by atoms with Crippen LogP contribution in [0.15, 0.2) is 60.7 Å². The molecule has 1 saturated heterocycles. The molecule has 0 spiro atoms. The first-order valence-corrected chi connectivity index (χ1v) is 13.0. The summed E-state index contributed by atoms with van der Waals surface area (Å²) in [5.74, 6) is -2.09. The lowest BCUT2D eigenvalue weighted by atomic mass is 9.93. The van der Waals surface area contributed by atoms with Gasteiger partial charge in [-0.3, -0.25) is 19.3 Å². The summed E-state index contributed by atoms with van der Waals surface area (Å²) < 4.78 is 16.3. The summed E-state index contributed by atoms with van der Waals surface area (Å²) in [5.41, 5.74) is 0.996. The van der Waals surface area contributed by atoms with E-state index in [4.69, 9.17) is 14.2 Å². The number of esters is 2. The molecule has 2 aromatic rings. The van der Waals surface area contributed by atoms with Crippen LogP contribution in [0.3, 0.4) is 0 Å². The van der Waals surface area contributed by atoms with Gasteiger partial charge in [0.1, 0.15) is 18.8 Å². The minimum absolute atomic E-state index is 0.0360. The third-order valence-corrected chi connectivity index (χ3v) is 6.20. The van der Waals surface area contributed by atoms with E-state index in [-0.39, 0.29) is 38.3 Å². The zero-order chi connectivity index (χ0) is 27.5. The van der Waals surface area contributed by atoms with Crippen LogP contribution in [0, 0.1) is 5.92 Å². The number of rotatable bonds is 11. The maximum absolute atomic E-state index is 13.3. The zero-order valence-corrected chi connectivity index (χ0v) is 22.4. The number of ketones is 1. The summed E-state index contributed by atoms with van der Waals surface area (Å²) in [7, 11) is 0. The van der Waals surface area contributed by atoms with E-state index in [1.165, 1.54) is 4.90 Å². The van der Waals surface area contributed by atoms with Crippen molar-refractivity contribution in [3.63, 3.8) is 0 Å². The second-order valence-corrected chi connectivity index (χ2v) is 10.5. The topological polar surface area (TPSA) is 99.2 Å². The lowest BCUT2D eigenvalue weighted by molar-refractivity contribution is -0.153. The monoisotopic (exact) mass is 523 g/mol. The first-order valence-electron chi connectivity index (χ1n) is 13.0. The van der Waals surface area contributed by atoms with Crippen molar-refractivity contribution in [2.75, 3.05) is 6.54 Å². The Morgan fingerprint density at radius 3 is 2.05 bits per heavy atom. The molecule has 0 N–H and O–H groups in total. The SMILES string of the molecule is CC(C)(C)OC(=O)N1CCCC1C(=O)C[C@@H](CCC(=O)OCc1ccccc1)C(=O)OCc1ccccc1. The van der Waals surface area contributed by atoms with Crippen LogP contribution in [0.25, 0.3) is 0 Å². The number of Topliss-reactive ketones (excluding diaryl/α,β-unsaturated/α-hetero) is 1. The smallest absolute Gasteiger partial charge is 0.410 e. The first kappa shape index (κ1) is 28.9. The number of nitrogens with zero attached hydrogens (tertiary/aromatic N) is 1. The molecule has 1 amide bonds. The molecule has 2 atom stereocenters. The van der Waals surface area contributed by atoms with Crippen molar-refractivity contribution in [3.05, 3.63) is 71.8 Å². The molecular weight excluding hydrogens is 486 g/mol. The van der Waals surface area contributed by atoms with E-state index < -0.39 is 35.6 Å². The van der Waals surface area contributed by atoms with Crippen LogP contribution >= 0.6 is 0 Å². The number of hydrogen-bond donors (Lipinski definition) is 0. The third kappa shape index (κ3) is 9.32. The molecule has 0 radical (unpaired) electrons. The van der Waals surface area contributed by atoms with Gasteiger partial charge in [-0.05, 0) is 51.2 Å². The van der Waals surface area contributed by atoms with Crippen LogP contribution in [-0.4, -0.2) is 46.9 Å². The second-order valence-electron chi connectivity index (χ2n) is 10.5. The molecule has 8 heteroatoms. The van der Waals surface area contributed by atoms with Crippen LogP contribution in [0.1, 0.15) is 64.0 Å². The Morgan fingerprint density at radius 2 is 1.47 bits per heavy atom. The predicted octanol–water partition coefficient (Wildman–Crippen LogP) is 5.23. The number of carbonyl (C=O) groups excluding carboxylic acids is 4. The van der Waals surface area contributed by atoms with Crippen LogP contribution in [0.4, 0.5) is 4.79 Å². The maximum Gasteiger partial charge on any atom is 0.410 e. The Bertz CT molecular complexity index is 1080. The fourth-order valence-electron chi connectivity index (χ4n) is 4.27. The number of hydrogen-bond acceptors (Lipinski definition) is 7. The van der Waals surface area contributed by atoms with Gasteiger partial charge in [0.15, 0.2) is 5.78 Å². The Balaban J connectivity index is 1.62. The summed E-state index contributed by atoms with van der Waals surface area (Å²) in [6.07, 6.45) is 0.565. The van der Waals surface area contributed by atoms with E-state index >= 15 is 0 Å². The van der Waals surface area contributed by atoms with Crippen molar-refractivity contribution in [1.82, 2.24) is 4.90 Å². The molecule has 204 valence electrons. The average molecular weight is 524 g/mol. The van der Waals surface area contributed by atoms with E-state index in [2.05, 4.69) is 0 Å². The van der Waals surface area contributed by atoms with Gasteiger partial charge in [0.05, 0.1) is 12.0 Å². The van der Waals surface area contributed by atoms with Crippen molar-refractivity contribution in [2.24, 2.45) is 5.92 Å². The largest absolute Gasteiger partial charge is 0.461 e. The molecule has 1 unspecified atom stereocenters. The van der Waals surface area contributed by atoms with Crippen molar-refractivity contribution in [2.45, 2.75) is 77.7 Å². The van der Waals surface area contributed by atoms with Crippen molar-refractivity contribution in [1.29, 1.82) is 0 Å². The number of ether oxygens (including phenoxy) is 3. The van der Waals surface area contributed by atoms with Crippen molar-refractivity contribution < 1.29 is 33.4 Å². The molecule has 0 aliphatic carbocycles. The number of carbonyl (C=O) groups is 4. The highest BCUT2D eigenvalue weighted by molar-refractivity contribution is 5.91. The van der Waals surface area contributed by atoms with Crippen LogP contribution in [-0.2, 0) is 41.8 Å². The van der Waals surface area contributed by atoms with E-state index in [0.717, 1.165) is 11.1 Å². The molecule has 1 fully saturated rings. The van der Waals surface area contributed by atoms with Gasteiger partial charge in [0, 0.05) is 19.4 Å². The number of benzene rings is 2. The lowest BCUT2D eigenvalue weighted by Crippen LogP contribution is -2.44. The van der Waals surface area contributed by atoms with Crippen molar-refractivity contribution in [3.8, 4) is 0 Å². The number of likely N-dealkylation sites (tertiary alicyclic amines) is 1. The van der Waals surface area contributed by atoms with Gasteiger partial charge in [-0.1, -0.05) is 60.7 Å². The van der Waals surface area contributed by atoms with E-state index in [9.17, 15) is 19.2 Å². The fourth-order valence-corrected chi connectivity index (χ4v) is 4.27. The van der Waals surface area contributed by atoms with E-state index in [1.54, 1.807) is 20.8 Å². The Labute approximate surface area is 224 Å². The summed E-state index contributed by atoms with van der Waals surface area (Å²) in [6.45, 7) is 5.93. The zero-order valence-electron chi connectivity index (χ0n) is 22.4. The minimum Gasteiger partial charge on any atom is -0.461 e. The van der Waals surface area contributed by atoms with Gasteiger partial charge >= 0.3 is 18.0 Å². The van der Waals surface area contributed by atoms with Gasteiger partial charge in [-0.2, -0.15) is 0 Å². The molecule has 8 nitrogen and oxygen atoms in total. The summed E-state index contributed by atoms with van der Waals surface area (Å²) in [5, 5.41) is 0. The fraction of sp³-hybridized carbons (Fsp3) is 0.467. The first-order chi connectivity index (χ1) is 18.1. The molecule has 0 saturated carbocycles. The molecule has 0 bridgehead atoms. The lowest BCUT2D eigenvalue weighted by Gasteiger charge is -2.28. The molecule has 3 rings (SSSR count). The van der Waals surface area contributed by atoms with Crippen molar-refractivity contribution >= 4 is 23.8 Å². The molecule has 2 aromatic carbocycles. The highest BCUT2D eigenvalue weighted by atomic mass is 16.6. The minimum atomic E-state index is -0.837. The molecule has 38 heavy (non-hydrogen) atoms. The van der Waals surface area contributed by atoms with Gasteiger partial charge in [-0.15, -0.1) is 0 Å². The normalized spacial score (nSPS) is 16.0. The van der Waals surface area contributed by atoms with Gasteiger partial charge < -0.3 is 14.2 Å². The molecular formula is C30H37NO7. The van der Waals surface area contributed by atoms with Gasteiger partial charge in [0.2, 0.25) is 0 Å². The predicted molar refractivity (Wildman–Crippen MR) is 141 cm³/mol. The second kappa shape index (κ2) is 13.7. The third-order valence-electron chi connectivity index (χ3n) is 6.20. The van der Waals surface area contributed by atoms with Crippen LogP contribution in [0.2, 0.25) is 0 Å². The summed E-state index contributed by atoms with van der Waals surface area (Å²) in [4.78, 5) is 52.8. The average Bonchev–Trinajstić information content (AvgIpc) is 3.39. The molecule has 1 aliphatic heterocycles. The molecule has 1 heterocycles. The van der Waals surface area contributed by atoms with E-state index in [1.807, 2.05) is 60.7 Å². The Hall–Kier alpha value is -3.68.